The fraction of sp³-hybridized carbons (Fsp3) is 0.941. The van der Waals surface area contributed by atoms with Crippen LogP contribution in [-0.4, -0.2) is 22.8 Å². The van der Waals surface area contributed by atoms with Crippen molar-refractivity contribution in [2.24, 2.45) is 5.41 Å². The van der Waals surface area contributed by atoms with E-state index in [1.165, 1.54) is 0 Å². The molecule has 0 aliphatic heterocycles. The summed E-state index contributed by atoms with van der Waals surface area (Å²) in [5, 5.41) is 0. The van der Waals surface area contributed by atoms with Gasteiger partial charge in [-0.2, -0.15) is 4.89 Å². The minimum Gasteiger partial charge on any atom is -0.297 e. The van der Waals surface area contributed by atoms with Crippen molar-refractivity contribution in [2.75, 3.05) is 0 Å². The van der Waals surface area contributed by atoms with Crippen molar-refractivity contribution in [3.63, 3.8) is 0 Å². The largest absolute Gasteiger partial charge is 0.347 e. The van der Waals surface area contributed by atoms with Crippen LogP contribution in [0.15, 0.2) is 0 Å². The van der Waals surface area contributed by atoms with Gasteiger partial charge in [0.1, 0.15) is 5.60 Å². The molecule has 0 amide bonds. The van der Waals surface area contributed by atoms with Crippen LogP contribution in [0.1, 0.15) is 82.1 Å². The predicted molar refractivity (Wildman–Crippen MR) is 85.9 cm³/mol. The molecule has 0 atom stereocenters. The zero-order valence-electron chi connectivity index (χ0n) is 16.0. The van der Waals surface area contributed by atoms with E-state index in [4.69, 9.17) is 19.6 Å². The first kappa shape index (κ1) is 21.4. The number of hydrogen-bond donors (Lipinski definition) is 0. The fourth-order valence-corrected chi connectivity index (χ4v) is 1.20. The third-order valence-electron chi connectivity index (χ3n) is 2.80. The van der Waals surface area contributed by atoms with Crippen molar-refractivity contribution in [1.29, 1.82) is 0 Å². The fourth-order valence-electron chi connectivity index (χ4n) is 1.20. The van der Waals surface area contributed by atoms with Crippen LogP contribution in [0.4, 0.5) is 0 Å². The first-order valence-electron chi connectivity index (χ1n) is 7.81. The number of carbonyl (C=O) groups excluding carboxylic acids is 1. The van der Waals surface area contributed by atoms with Gasteiger partial charge in [-0.05, 0) is 82.1 Å². The van der Waals surface area contributed by atoms with E-state index in [9.17, 15) is 4.79 Å². The molecule has 22 heavy (non-hydrogen) atoms. The molecule has 0 aliphatic rings. The topological polar surface area (TPSA) is 54.0 Å². The second-order valence-corrected chi connectivity index (χ2v) is 9.00. The summed E-state index contributed by atoms with van der Waals surface area (Å²) in [5.74, 6) is -0.382. The lowest BCUT2D eigenvalue weighted by Gasteiger charge is -2.31. The highest BCUT2D eigenvalue weighted by molar-refractivity contribution is 5.74. The summed E-state index contributed by atoms with van der Waals surface area (Å²) in [7, 11) is 0. The van der Waals surface area contributed by atoms with Gasteiger partial charge in [0.05, 0.1) is 16.6 Å². The predicted octanol–water partition coefficient (Wildman–Crippen LogP) is 4.59. The average molecular weight is 318 g/mol. The molecule has 132 valence electrons. The molecule has 0 aromatic carbocycles. The van der Waals surface area contributed by atoms with Crippen LogP contribution >= 0.6 is 0 Å². The van der Waals surface area contributed by atoms with Crippen molar-refractivity contribution in [3.05, 3.63) is 0 Å². The molecule has 0 fully saturated rings. The van der Waals surface area contributed by atoms with Gasteiger partial charge in [-0.3, -0.25) is 4.89 Å². The van der Waals surface area contributed by atoms with E-state index in [1.54, 1.807) is 20.8 Å². The van der Waals surface area contributed by atoms with E-state index in [0.717, 1.165) is 0 Å². The normalized spacial score (nSPS) is 14.1. The van der Waals surface area contributed by atoms with Gasteiger partial charge in [-0.1, -0.05) is 0 Å². The maximum Gasteiger partial charge on any atom is 0.347 e. The van der Waals surface area contributed by atoms with Crippen molar-refractivity contribution in [2.45, 2.75) is 98.9 Å². The van der Waals surface area contributed by atoms with E-state index in [1.807, 2.05) is 48.5 Å². The SMILES string of the molecule is CC(C)(C)OOC(C)(C)CCC(C)(C)OOC(=O)C(C)(C)C. The lowest BCUT2D eigenvalue weighted by atomic mass is 9.94. The van der Waals surface area contributed by atoms with Gasteiger partial charge in [0.15, 0.2) is 0 Å². The van der Waals surface area contributed by atoms with Gasteiger partial charge in [0.2, 0.25) is 0 Å². The summed E-state index contributed by atoms with van der Waals surface area (Å²) in [6, 6.07) is 0. The summed E-state index contributed by atoms with van der Waals surface area (Å²) >= 11 is 0. The molecule has 0 aromatic rings. The van der Waals surface area contributed by atoms with Crippen LogP contribution in [0.5, 0.6) is 0 Å². The second-order valence-electron chi connectivity index (χ2n) is 9.00. The second kappa shape index (κ2) is 7.28. The van der Waals surface area contributed by atoms with Crippen LogP contribution in [0.25, 0.3) is 0 Å². The lowest BCUT2D eigenvalue weighted by molar-refractivity contribution is -0.400. The summed E-state index contributed by atoms with van der Waals surface area (Å²) < 4.78 is 0. The maximum absolute atomic E-state index is 11.7. The molecule has 0 aromatic heterocycles. The zero-order valence-corrected chi connectivity index (χ0v) is 16.0. The summed E-state index contributed by atoms with van der Waals surface area (Å²) in [4.78, 5) is 32.9. The smallest absolute Gasteiger partial charge is 0.297 e. The molecule has 0 aliphatic carbocycles. The standard InChI is InChI=1S/C17H34O5/c1-14(2,3)13(18)19-21-16(7,8)11-12-17(9,10)22-20-15(4,5)6/h11-12H2,1-10H3. The Balaban J connectivity index is 4.33. The molecule has 0 bridgehead atoms. The Bertz CT molecular complexity index is 358. The van der Waals surface area contributed by atoms with Crippen LogP contribution in [-0.2, 0) is 24.3 Å². The Hall–Kier alpha value is -0.650. The lowest BCUT2D eigenvalue weighted by Crippen LogP contribution is -2.35. The number of carbonyl (C=O) groups is 1. The third kappa shape index (κ3) is 10.1. The highest BCUT2D eigenvalue weighted by Crippen LogP contribution is 2.27. The molecule has 0 N–H and O–H groups in total. The number of rotatable bonds is 7. The molecule has 0 rings (SSSR count). The Labute approximate surface area is 135 Å². The van der Waals surface area contributed by atoms with Crippen LogP contribution in [0.2, 0.25) is 0 Å². The van der Waals surface area contributed by atoms with Gasteiger partial charge in [-0.15, -0.1) is 0 Å². The molecular formula is C17H34O5. The minimum atomic E-state index is -0.594. The van der Waals surface area contributed by atoms with Crippen LogP contribution in [0.3, 0.4) is 0 Å². The average Bonchev–Trinajstić information content (AvgIpc) is 2.30. The number of hydrogen-bond acceptors (Lipinski definition) is 5. The quantitative estimate of drug-likeness (QED) is 0.507. The zero-order chi connectivity index (χ0) is 17.8. The Morgan fingerprint density at radius 2 is 1.09 bits per heavy atom. The highest BCUT2D eigenvalue weighted by Gasteiger charge is 2.31. The highest BCUT2D eigenvalue weighted by atomic mass is 17.2. The van der Waals surface area contributed by atoms with E-state index < -0.39 is 16.6 Å². The van der Waals surface area contributed by atoms with Gasteiger partial charge < -0.3 is 0 Å². The van der Waals surface area contributed by atoms with Crippen molar-refractivity contribution in [1.82, 2.24) is 0 Å². The summed E-state index contributed by atoms with van der Waals surface area (Å²) in [6.45, 7) is 18.8. The molecule has 0 unspecified atom stereocenters. The van der Waals surface area contributed by atoms with Gasteiger partial charge in [0.25, 0.3) is 0 Å². The van der Waals surface area contributed by atoms with Gasteiger partial charge >= 0.3 is 5.97 Å². The molecule has 0 saturated carbocycles. The molecule has 0 heterocycles. The summed E-state index contributed by atoms with van der Waals surface area (Å²) in [6.07, 6.45) is 1.36. The van der Waals surface area contributed by atoms with Gasteiger partial charge in [0, 0.05) is 0 Å². The van der Waals surface area contributed by atoms with Crippen molar-refractivity contribution in [3.8, 4) is 0 Å². The monoisotopic (exact) mass is 318 g/mol. The van der Waals surface area contributed by atoms with Gasteiger partial charge in [-0.25, -0.2) is 14.6 Å². The minimum absolute atomic E-state index is 0.356. The molecule has 5 nitrogen and oxygen atoms in total. The molecular weight excluding hydrogens is 284 g/mol. The molecule has 0 saturated heterocycles. The van der Waals surface area contributed by atoms with Crippen molar-refractivity contribution < 1.29 is 24.3 Å². The Morgan fingerprint density at radius 3 is 1.45 bits per heavy atom. The molecule has 0 spiro atoms. The van der Waals surface area contributed by atoms with E-state index in [2.05, 4.69) is 0 Å². The maximum atomic E-state index is 11.7. The first-order chi connectivity index (χ1) is 9.54. The Kier molecular flexibility index (Phi) is 7.07. The molecule has 0 radical (unpaired) electrons. The first-order valence-corrected chi connectivity index (χ1v) is 7.81. The van der Waals surface area contributed by atoms with Crippen LogP contribution in [0, 0.1) is 5.41 Å². The van der Waals surface area contributed by atoms with Crippen molar-refractivity contribution >= 4 is 5.97 Å². The van der Waals surface area contributed by atoms with E-state index >= 15 is 0 Å². The molecule has 5 heteroatoms. The third-order valence-corrected chi connectivity index (χ3v) is 2.80. The van der Waals surface area contributed by atoms with Crippen LogP contribution < -0.4 is 0 Å². The summed E-state index contributed by atoms with van der Waals surface area (Å²) in [5.41, 5.74) is -1.99. The van der Waals surface area contributed by atoms with E-state index in [0.29, 0.717) is 12.8 Å². The van der Waals surface area contributed by atoms with E-state index in [-0.39, 0.29) is 11.6 Å². The Morgan fingerprint density at radius 1 is 0.682 bits per heavy atom.